The number of aromatic nitrogens is 2. The first-order chi connectivity index (χ1) is 17.6. The molecular formula is C29H25N3O4. The zero-order valence-corrected chi connectivity index (χ0v) is 19.5. The van der Waals surface area contributed by atoms with E-state index in [1.165, 1.54) is 16.8 Å². The molecule has 0 aliphatic carbocycles. The summed E-state index contributed by atoms with van der Waals surface area (Å²) in [6.45, 7) is 0.117. The average Bonchev–Trinajstić information content (AvgIpc) is 3.34. The van der Waals surface area contributed by atoms with Gasteiger partial charge in [0.15, 0.2) is 0 Å². The summed E-state index contributed by atoms with van der Waals surface area (Å²) in [7, 11) is 0. The van der Waals surface area contributed by atoms with Crippen LogP contribution in [-0.4, -0.2) is 22.3 Å². The standard InChI is InChI=1S/C29H25N3O4/c30-19-21-18-27(32-17-16-26(33)31-28(32)34)36-25(21)20-35-29(22-10-4-1-5-11-22,23-12-6-2-7-13-23)24-14-8-3-9-15-24/h1-17,21,25,27H,18,20H2,(H,31,33,34)/t21-,25-,27-/m1/s1. The van der Waals surface area contributed by atoms with E-state index in [-0.39, 0.29) is 6.61 Å². The molecule has 0 bridgehead atoms. The number of nitriles is 1. The van der Waals surface area contributed by atoms with Crippen LogP contribution in [0.4, 0.5) is 0 Å². The molecule has 0 amide bonds. The van der Waals surface area contributed by atoms with E-state index in [4.69, 9.17) is 9.47 Å². The lowest BCUT2D eigenvalue weighted by Crippen LogP contribution is -2.37. The summed E-state index contributed by atoms with van der Waals surface area (Å²) >= 11 is 0. The number of nitrogens with one attached hydrogen (secondary N) is 1. The van der Waals surface area contributed by atoms with Crippen LogP contribution >= 0.6 is 0 Å². The van der Waals surface area contributed by atoms with Crippen molar-refractivity contribution >= 4 is 0 Å². The maximum atomic E-state index is 12.3. The Balaban J connectivity index is 1.52. The maximum Gasteiger partial charge on any atom is 0.330 e. The molecule has 7 heteroatoms. The summed E-state index contributed by atoms with van der Waals surface area (Å²) in [5, 5.41) is 9.86. The first-order valence-corrected chi connectivity index (χ1v) is 11.8. The maximum absolute atomic E-state index is 12.3. The molecular weight excluding hydrogens is 454 g/mol. The molecule has 1 aliphatic heterocycles. The van der Waals surface area contributed by atoms with Gasteiger partial charge in [-0.05, 0) is 16.7 Å². The summed E-state index contributed by atoms with van der Waals surface area (Å²) in [6, 6.07) is 33.5. The number of hydrogen-bond donors (Lipinski definition) is 1. The van der Waals surface area contributed by atoms with Gasteiger partial charge in [-0.25, -0.2) is 4.79 Å². The fourth-order valence-corrected chi connectivity index (χ4v) is 4.82. The summed E-state index contributed by atoms with van der Waals surface area (Å²) in [6.07, 6.45) is 0.457. The molecule has 0 spiro atoms. The predicted octanol–water partition coefficient (Wildman–Crippen LogP) is 3.97. The minimum absolute atomic E-state index is 0.117. The summed E-state index contributed by atoms with van der Waals surface area (Å²) in [5.41, 5.74) is 0.842. The number of benzene rings is 3. The molecule has 1 fully saturated rings. The van der Waals surface area contributed by atoms with Crippen molar-refractivity contribution in [2.45, 2.75) is 24.4 Å². The molecule has 2 heterocycles. The van der Waals surface area contributed by atoms with Gasteiger partial charge in [-0.1, -0.05) is 91.0 Å². The molecule has 1 N–H and O–H groups in total. The van der Waals surface area contributed by atoms with Gasteiger partial charge in [0.25, 0.3) is 5.56 Å². The SMILES string of the molecule is N#C[C@H]1C[C@H](n2ccc(=O)[nH]c2=O)O[C@@H]1COC(c1ccccc1)(c1ccccc1)c1ccccc1. The molecule has 180 valence electrons. The number of rotatable bonds is 7. The van der Waals surface area contributed by atoms with Gasteiger partial charge in [-0.3, -0.25) is 14.3 Å². The number of hydrogen-bond acceptors (Lipinski definition) is 5. The fraction of sp³-hybridized carbons (Fsp3) is 0.207. The fourth-order valence-electron chi connectivity index (χ4n) is 4.82. The molecule has 3 atom stereocenters. The van der Waals surface area contributed by atoms with Crippen LogP contribution in [0.25, 0.3) is 0 Å². The molecule has 1 aliphatic rings. The third-order valence-electron chi connectivity index (χ3n) is 6.57. The minimum atomic E-state index is -0.944. The van der Waals surface area contributed by atoms with Crippen LogP contribution in [-0.2, 0) is 15.1 Å². The number of aromatic amines is 1. The van der Waals surface area contributed by atoms with Gasteiger partial charge >= 0.3 is 5.69 Å². The number of nitrogens with zero attached hydrogens (tertiary/aromatic N) is 2. The first kappa shape index (κ1) is 23.5. The lowest BCUT2D eigenvalue weighted by atomic mass is 9.80. The van der Waals surface area contributed by atoms with Crippen LogP contribution < -0.4 is 11.2 Å². The first-order valence-electron chi connectivity index (χ1n) is 11.8. The lowest BCUT2D eigenvalue weighted by molar-refractivity contribution is -0.0815. The molecule has 1 saturated heterocycles. The van der Waals surface area contributed by atoms with Crippen molar-refractivity contribution in [3.63, 3.8) is 0 Å². The second-order valence-corrected chi connectivity index (χ2v) is 8.71. The van der Waals surface area contributed by atoms with Crippen LogP contribution in [0.3, 0.4) is 0 Å². The molecule has 7 nitrogen and oxygen atoms in total. The number of ether oxygens (including phenoxy) is 2. The summed E-state index contributed by atoms with van der Waals surface area (Å²) < 4.78 is 14.3. The van der Waals surface area contributed by atoms with Gasteiger partial charge in [0.2, 0.25) is 0 Å². The van der Waals surface area contributed by atoms with Gasteiger partial charge in [-0.15, -0.1) is 0 Å². The third-order valence-corrected chi connectivity index (χ3v) is 6.57. The normalized spacial score (nSPS) is 19.6. The second kappa shape index (κ2) is 10.2. The largest absolute Gasteiger partial charge is 0.358 e. The van der Waals surface area contributed by atoms with Crippen LogP contribution in [0.5, 0.6) is 0 Å². The highest BCUT2D eigenvalue weighted by Gasteiger charge is 2.42. The summed E-state index contributed by atoms with van der Waals surface area (Å²) in [5.74, 6) is -0.492. The van der Waals surface area contributed by atoms with Gasteiger partial charge in [0.1, 0.15) is 11.8 Å². The molecule has 36 heavy (non-hydrogen) atoms. The Morgan fingerprint density at radius 3 is 1.89 bits per heavy atom. The van der Waals surface area contributed by atoms with Crippen molar-refractivity contribution in [3.05, 3.63) is 141 Å². The molecule has 0 saturated carbocycles. The van der Waals surface area contributed by atoms with Gasteiger partial charge < -0.3 is 9.47 Å². The average molecular weight is 480 g/mol. The summed E-state index contributed by atoms with van der Waals surface area (Å²) in [4.78, 5) is 26.0. The minimum Gasteiger partial charge on any atom is -0.358 e. The van der Waals surface area contributed by atoms with Gasteiger partial charge in [0, 0.05) is 18.7 Å². The number of H-pyrrole nitrogens is 1. The van der Waals surface area contributed by atoms with E-state index in [9.17, 15) is 14.9 Å². The molecule has 1 aromatic heterocycles. The highest BCUT2D eigenvalue weighted by molar-refractivity contribution is 5.47. The van der Waals surface area contributed by atoms with Gasteiger partial charge in [-0.2, -0.15) is 5.26 Å². The van der Waals surface area contributed by atoms with Gasteiger partial charge in [0.05, 0.1) is 24.7 Å². The van der Waals surface area contributed by atoms with E-state index >= 15 is 0 Å². The topological polar surface area (TPSA) is 97.1 Å². The third kappa shape index (κ3) is 4.40. The highest BCUT2D eigenvalue weighted by Crippen LogP contribution is 2.42. The van der Waals surface area contributed by atoms with Crippen molar-refractivity contribution in [2.24, 2.45) is 5.92 Å². The van der Waals surface area contributed by atoms with Crippen molar-refractivity contribution < 1.29 is 9.47 Å². The Kier molecular flexibility index (Phi) is 6.63. The van der Waals surface area contributed by atoms with Crippen molar-refractivity contribution in [1.82, 2.24) is 9.55 Å². The van der Waals surface area contributed by atoms with E-state index in [0.29, 0.717) is 6.42 Å². The smallest absolute Gasteiger partial charge is 0.330 e. The Morgan fingerprint density at radius 1 is 0.889 bits per heavy atom. The van der Waals surface area contributed by atoms with Crippen LogP contribution in [0, 0.1) is 17.2 Å². The zero-order chi connectivity index (χ0) is 25.0. The Hall–Kier alpha value is -4.25. The molecule has 4 aromatic rings. The molecule has 3 aromatic carbocycles. The van der Waals surface area contributed by atoms with E-state index in [1.54, 1.807) is 0 Å². The van der Waals surface area contributed by atoms with E-state index < -0.39 is 35.1 Å². The predicted molar refractivity (Wildman–Crippen MR) is 134 cm³/mol. The molecule has 0 unspecified atom stereocenters. The molecule has 5 rings (SSSR count). The Labute approximate surface area is 208 Å². The van der Waals surface area contributed by atoms with Crippen LogP contribution in [0.15, 0.2) is 113 Å². The second-order valence-electron chi connectivity index (χ2n) is 8.71. The Bertz CT molecular complexity index is 1360. The monoisotopic (exact) mass is 479 g/mol. The zero-order valence-electron chi connectivity index (χ0n) is 19.5. The van der Waals surface area contributed by atoms with Crippen molar-refractivity contribution in [1.29, 1.82) is 5.26 Å². The van der Waals surface area contributed by atoms with Crippen molar-refractivity contribution in [3.8, 4) is 6.07 Å². The van der Waals surface area contributed by atoms with E-state index in [0.717, 1.165) is 16.7 Å². The lowest BCUT2D eigenvalue weighted by Gasteiger charge is -2.37. The van der Waals surface area contributed by atoms with E-state index in [1.807, 2.05) is 91.0 Å². The Morgan fingerprint density at radius 2 is 1.42 bits per heavy atom. The van der Waals surface area contributed by atoms with Crippen LogP contribution in [0.1, 0.15) is 29.3 Å². The quantitative estimate of drug-likeness (QED) is 0.405. The molecule has 0 radical (unpaired) electrons. The van der Waals surface area contributed by atoms with Crippen LogP contribution in [0.2, 0.25) is 0 Å². The van der Waals surface area contributed by atoms with E-state index in [2.05, 4.69) is 11.1 Å². The highest BCUT2D eigenvalue weighted by atomic mass is 16.6. The van der Waals surface area contributed by atoms with Crippen molar-refractivity contribution in [2.75, 3.05) is 6.61 Å².